The molecule has 1 aromatic carbocycles. The number of aromatic nitrogens is 6. The van der Waals surface area contributed by atoms with Gasteiger partial charge in [0.2, 0.25) is 17.3 Å². The normalized spacial score (nSPS) is 23.5. The fourth-order valence-electron chi connectivity index (χ4n) is 6.08. The quantitative estimate of drug-likeness (QED) is 0.392. The average Bonchev–Trinajstić information content (AvgIpc) is 3.54. The molecule has 3 saturated carbocycles. The zero-order chi connectivity index (χ0) is 26.0. The maximum atomic E-state index is 13.6. The number of aryl methyl sites for hydroxylation is 1. The fourth-order valence-corrected chi connectivity index (χ4v) is 6.08. The summed E-state index contributed by atoms with van der Waals surface area (Å²) in [5.41, 5.74) is -0.582. The van der Waals surface area contributed by atoms with E-state index in [0.717, 1.165) is 50.4 Å². The van der Waals surface area contributed by atoms with E-state index in [9.17, 15) is 18.0 Å². The summed E-state index contributed by atoms with van der Waals surface area (Å²) in [6, 6.07) is 8.64. The Morgan fingerprint density at radius 2 is 1.59 bits per heavy atom. The van der Waals surface area contributed by atoms with Crippen LogP contribution in [-0.4, -0.2) is 29.5 Å². The molecule has 8 nitrogen and oxygen atoms in total. The van der Waals surface area contributed by atoms with E-state index in [4.69, 9.17) is 9.51 Å². The van der Waals surface area contributed by atoms with Crippen LogP contribution in [0.1, 0.15) is 55.8 Å². The van der Waals surface area contributed by atoms with Crippen LogP contribution in [-0.2, 0) is 31.1 Å². The zero-order valence-electron chi connectivity index (χ0n) is 20.4. The lowest BCUT2D eigenvalue weighted by Crippen LogP contribution is -2.47. The van der Waals surface area contributed by atoms with Crippen molar-refractivity contribution in [3.05, 3.63) is 70.2 Å². The van der Waals surface area contributed by atoms with E-state index >= 15 is 0 Å². The molecule has 7 rings (SSSR count). The molecule has 3 aromatic heterocycles. The number of hydrogen-bond donors (Lipinski definition) is 0. The first-order valence-corrected chi connectivity index (χ1v) is 12.2. The van der Waals surface area contributed by atoms with Gasteiger partial charge >= 0.3 is 6.18 Å². The molecule has 11 heteroatoms. The van der Waals surface area contributed by atoms with Crippen LogP contribution in [0.2, 0.25) is 0 Å². The average molecular weight is 511 g/mol. The minimum atomic E-state index is -4.48. The first-order chi connectivity index (χ1) is 17.6. The smallest absolute Gasteiger partial charge is 0.338 e. The molecule has 3 heterocycles. The maximum Gasteiger partial charge on any atom is 0.417 e. The number of fused-ring (bicyclic) bond motifs is 3. The van der Waals surface area contributed by atoms with Crippen LogP contribution in [0.5, 0.6) is 0 Å². The predicted molar refractivity (Wildman–Crippen MR) is 127 cm³/mol. The Balaban J connectivity index is 1.27. The van der Waals surface area contributed by atoms with Crippen molar-refractivity contribution in [3.8, 4) is 22.8 Å². The van der Waals surface area contributed by atoms with Crippen molar-refractivity contribution in [2.75, 3.05) is 0 Å². The third kappa shape index (κ3) is 3.70. The summed E-state index contributed by atoms with van der Waals surface area (Å²) in [6.07, 6.45) is 2.04. The van der Waals surface area contributed by atoms with Crippen LogP contribution in [0.15, 0.2) is 51.9 Å². The number of hydrogen-bond acceptors (Lipinski definition) is 6. The monoisotopic (exact) mass is 510 g/mol. The van der Waals surface area contributed by atoms with E-state index in [0.29, 0.717) is 17.3 Å². The summed E-state index contributed by atoms with van der Waals surface area (Å²) in [5.74, 6) is 1.99. The minimum Gasteiger partial charge on any atom is -0.338 e. The van der Waals surface area contributed by atoms with Crippen molar-refractivity contribution in [2.24, 2.45) is 14.1 Å². The fraction of sp³-hybridized carbons (Fsp3) is 0.423. The zero-order valence-corrected chi connectivity index (χ0v) is 20.4. The predicted octanol–water partition coefficient (Wildman–Crippen LogP) is 4.79. The van der Waals surface area contributed by atoms with Gasteiger partial charge in [-0.3, -0.25) is 4.79 Å². The van der Waals surface area contributed by atoms with E-state index in [2.05, 4.69) is 15.4 Å². The second kappa shape index (κ2) is 8.12. The summed E-state index contributed by atoms with van der Waals surface area (Å²) >= 11 is 0. The SMILES string of the molecule is Cn1c(-c2ccccc2C(F)(F)F)nnc1C12CCC(c3nc(-c4ccc(=O)n(C)c4)no3)(CC1)CC2. The van der Waals surface area contributed by atoms with Crippen LogP contribution in [0, 0.1) is 0 Å². The second-order valence-electron chi connectivity index (χ2n) is 10.3. The molecule has 4 aromatic rings. The highest BCUT2D eigenvalue weighted by Gasteiger charge is 2.54. The molecular weight excluding hydrogens is 485 g/mol. The Labute approximate surface area is 210 Å². The van der Waals surface area contributed by atoms with Crippen molar-refractivity contribution in [1.29, 1.82) is 0 Å². The largest absolute Gasteiger partial charge is 0.417 e. The van der Waals surface area contributed by atoms with E-state index in [-0.39, 0.29) is 27.8 Å². The molecule has 3 aliphatic rings. The molecule has 0 saturated heterocycles. The Kier molecular flexibility index (Phi) is 5.19. The van der Waals surface area contributed by atoms with E-state index in [1.165, 1.54) is 22.8 Å². The Bertz CT molecular complexity index is 1530. The number of rotatable bonds is 4. The summed E-state index contributed by atoms with van der Waals surface area (Å²) < 4.78 is 49.8. The first-order valence-electron chi connectivity index (χ1n) is 12.2. The van der Waals surface area contributed by atoms with Gasteiger partial charge in [-0.05, 0) is 50.7 Å². The van der Waals surface area contributed by atoms with Crippen molar-refractivity contribution < 1.29 is 17.7 Å². The van der Waals surface area contributed by atoms with Gasteiger partial charge in [-0.15, -0.1) is 10.2 Å². The molecule has 0 amide bonds. The second-order valence-corrected chi connectivity index (χ2v) is 10.3. The van der Waals surface area contributed by atoms with Crippen LogP contribution in [0.25, 0.3) is 22.8 Å². The Morgan fingerprint density at radius 3 is 2.27 bits per heavy atom. The number of nitrogens with zero attached hydrogens (tertiary/aromatic N) is 6. The van der Waals surface area contributed by atoms with Gasteiger partial charge in [-0.2, -0.15) is 18.2 Å². The van der Waals surface area contributed by atoms with Crippen LogP contribution in [0.4, 0.5) is 13.2 Å². The highest BCUT2D eigenvalue weighted by atomic mass is 19.4. The third-order valence-corrected chi connectivity index (χ3v) is 8.29. The molecular formula is C26H25F3N6O2. The summed E-state index contributed by atoms with van der Waals surface area (Å²) in [4.78, 5) is 16.4. The number of halogens is 3. The van der Waals surface area contributed by atoms with Gasteiger partial charge in [0.15, 0.2) is 5.82 Å². The maximum absolute atomic E-state index is 13.6. The molecule has 0 radical (unpaired) electrons. The van der Waals surface area contributed by atoms with Crippen molar-refractivity contribution in [2.45, 2.75) is 55.5 Å². The highest BCUT2D eigenvalue weighted by molar-refractivity contribution is 5.61. The van der Waals surface area contributed by atoms with Gasteiger partial charge in [-0.25, -0.2) is 0 Å². The van der Waals surface area contributed by atoms with Crippen LogP contribution >= 0.6 is 0 Å². The molecule has 0 spiro atoms. The van der Waals surface area contributed by atoms with Crippen LogP contribution in [0.3, 0.4) is 0 Å². The van der Waals surface area contributed by atoms with Gasteiger partial charge in [0.05, 0.1) is 5.56 Å². The van der Waals surface area contributed by atoms with E-state index < -0.39 is 11.7 Å². The number of pyridine rings is 1. The standard InChI is InChI=1S/C26H25F3N6O2/c1-34-15-16(7-8-19(34)36)20-30-23(37-33-20)25-12-9-24(10-13-25,11-14-25)22-32-31-21(35(22)2)17-5-3-4-6-18(17)26(27,28)29/h3-8,15H,9-14H2,1-2H3. The number of alkyl halides is 3. The first kappa shape index (κ1) is 23.6. The summed E-state index contributed by atoms with van der Waals surface area (Å²) in [7, 11) is 3.42. The molecule has 37 heavy (non-hydrogen) atoms. The number of benzene rings is 1. The lowest BCUT2D eigenvalue weighted by Gasteiger charge is -2.51. The van der Waals surface area contributed by atoms with Crippen molar-refractivity contribution in [1.82, 2.24) is 29.5 Å². The topological polar surface area (TPSA) is 91.6 Å². The van der Waals surface area contributed by atoms with Gasteiger partial charge in [0.25, 0.3) is 0 Å². The van der Waals surface area contributed by atoms with Gasteiger partial charge in [0, 0.05) is 48.3 Å². The molecule has 0 atom stereocenters. The molecule has 3 fully saturated rings. The molecule has 2 bridgehead atoms. The molecule has 0 unspecified atom stereocenters. The highest BCUT2D eigenvalue weighted by Crippen LogP contribution is 2.58. The molecule has 3 aliphatic carbocycles. The lowest BCUT2D eigenvalue weighted by atomic mass is 9.53. The molecule has 0 aliphatic heterocycles. The molecule has 0 N–H and O–H groups in total. The summed E-state index contributed by atoms with van der Waals surface area (Å²) in [5, 5.41) is 12.8. The van der Waals surface area contributed by atoms with Gasteiger partial charge in [0.1, 0.15) is 5.82 Å². The Hall–Kier alpha value is -3.76. The lowest BCUT2D eigenvalue weighted by molar-refractivity contribution is -0.137. The van der Waals surface area contributed by atoms with Crippen LogP contribution < -0.4 is 5.56 Å². The molecule has 192 valence electrons. The Morgan fingerprint density at radius 1 is 0.919 bits per heavy atom. The van der Waals surface area contributed by atoms with Crippen molar-refractivity contribution in [3.63, 3.8) is 0 Å². The van der Waals surface area contributed by atoms with E-state index in [1.807, 2.05) is 0 Å². The van der Waals surface area contributed by atoms with E-state index in [1.54, 1.807) is 37.0 Å². The van der Waals surface area contributed by atoms with Gasteiger partial charge < -0.3 is 13.7 Å². The van der Waals surface area contributed by atoms with Crippen molar-refractivity contribution >= 4 is 0 Å². The van der Waals surface area contributed by atoms with Gasteiger partial charge in [-0.1, -0.05) is 23.4 Å². The summed E-state index contributed by atoms with van der Waals surface area (Å²) in [6.45, 7) is 0. The minimum absolute atomic E-state index is 0.0328. The third-order valence-electron chi connectivity index (χ3n) is 8.29.